The van der Waals surface area contributed by atoms with Gasteiger partial charge in [0.2, 0.25) is 5.91 Å². The zero-order valence-electron chi connectivity index (χ0n) is 35.2. The van der Waals surface area contributed by atoms with Crippen molar-refractivity contribution in [3.05, 3.63) is 23.3 Å². The Labute approximate surface area is 345 Å². The monoisotopic (exact) mass is 807 g/mol. The molecule has 8 atom stereocenters. The number of piperidine rings is 2. The van der Waals surface area contributed by atoms with E-state index in [1.165, 1.54) is 6.92 Å². The Morgan fingerprint density at radius 1 is 0.931 bits per heavy atom. The Kier molecular flexibility index (Phi) is 12.2. The van der Waals surface area contributed by atoms with Gasteiger partial charge >= 0.3 is 11.9 Å². The van der Waals surface area contributed by atoms with E-state index >= 15 is 4.79 Å². The smallest absolute Gasteiger partial charge is 0.332 e. The highest BCUT2D eigenvalue weighted by atomic mass is 16.6. The van der Waals surface area contributed by atoms with Crippen molar-refractivity contribution < 1.29 is 43.9 Å². The van der Waals surface area contributed by atoms with Crippen LogP contribution in [0.3, 0.4) is 0 Å². The van der Waals surface area contributed by atoms with Crippen molar-refractivity contribution in [2.45, 2.75) is 184 Å². The molecule has 1 aromatic carbocycles. The summed E-state index contributed by atoms with van der Waals surface area (Å²) >= 11 is 0. The highest BCUT2D eigenvalue weighted by Crippen LogP contribution is 2.63. The Hall–Kier alpha value is -2.89. The predicted octanol–water partition coefficient (Wildman–Crippen LogP) is 7.08. The number of aliphatic hydroxyl groups is 2. The number of carbonyl (C=O) groups is 3. The molecular weight excluding hydrogens is 737 g/mol. The molecule has 4 aliphatic carbocycles. The summed E-state index contributed by atoms with van der Waals surface area (Å²) in [5.41, 5.74) is -0.0617. The van der Waals surface area contributed by atoms with E-state index in [2.05, 4.69) is 16.7 Å². The third kappa shape index (κ3) is 7.45. The summed E-state index contributed by atoms with van der Waals surface area (Å²) in [5, 5.41) is 39.3. The molecule has 58 heavy (non-hydrogen) atoms. The quantitative estimate of drug-likeness (QED) is 0.130. The maximum atomic E-state index is 15.3. The first kappa shape index (κ1) is 41.8. The van der Waals surface area contributed by atoms with Crippen molar-refractivity contribution in [3.8, 4) is 11.5 Å². The number of amides is 1. The summed E-state index contributed by atoms with van der Waals surface area (Å²) in [7, 11) is 0. The lowest BCUT2D eigenvalue weighted by atomic mass is 9.54. The van der Waals surface area contributed by atoms with Gasteiger partial charge in [0, 0.05) is 47.7 Å². The second kappa shape index (κ2) is 16.9. The number of benzene rings is 1. The lowest BCUT2D eigenvalue weighted by molar-refractivity contribution is -0.183. The van der Waals surface area contributed by atoms with Crippen LogP contribution in [0.1, 0.15) is 172 Å². The lowest BCUT2D eigenvalue weighted by Gasteiger charge is -2.55. The average molecular weight is 807 g/mol. The number of ether oxygens (including phenoxy) is 3. The molecule has 3 aliphatic heterocycles. The van der Waals surface area contributed by atoms with E-state index in [0.29, 0.717) is 44.5 Å². The molecule has 3 heterocycles. The molecule has 0 unspecified atom stereocenters. The number of nitrogens with one attached hydrogen (secondary N) is 2. The summed E-state index contributed by atoms with van der Waals surface area (Å²) in [6.45, 7) is 5.26. The summed E-state index contributed by atoms with van der Waals surface area (Å²) < 4.78 is 19.7. The van der Waals surface area contributed by atoms with Gasteiger partial charge in [-0.2, -0.15) is 0 Å². The van der Waals surface area contributed by atoms with Crippen LogP contribution in [-0.4, -0.2) is 83.3 Å². The number of esters is 2. The van der Waals surface area contributed by atoms with Crippen LogP contribution >= 0.6 is 0 Å². The first-order valence-corrected chi connectivity index (χ1v) is 23.1. The standard InChI is InChI=1S/C47H70N2O9/c1-30(51)10-9-12-33(57-31(2)52)26-39(58-43(55)47-21-4-3-11-32(47)27-44(42(54)49-47)17-5-6-18-44)46(22-24-48-25-23-46)36-15-13-35-37(45(29-50)19-7-8-20-45)28-56-41-38(53)16-14-34(36)40(35)41/h14,16,30,32-33,35-37,39,48,50-51,53H,3-13,15,17-29H2,1-2H3,(H,49,54)/t30-,32+,33+,35+,36+,37+,39+,47+/m0/s1. The normalized spacial score (nSPS) is 32.2. The summed E-state index contributed by atoms with van der Waals surface area (Å²) in [5.74, 6) is 0.187. The van der Waals surface area contributed by atoms with Crippen molar-refractivity contribution in [3.63, 3.8) is 0 Å². The first-order valence-electron chi connectivity index (χ1n) is 23.1. The van der Waals surface area contributed by atoms with E-state index in [9.17, 15) is 24.9 Å². The lowest BCUT2D eigenvalue weighted by Crippen LogP contribution is -2.68. The molecule has 3 saturated carbocycles. The maximum Gasteiger partial charge on any atom is 0.332 e. The van der Waals surface area contributed by atoms with E-state index in [-0.39, 0.29) is 59.3 Å². The van der Waals surface area contributed by atoms with Crippen molar-refractivity contribution in [1.82, 2.24) is 10.6 Å². The molecule has 322 valence electrons. The SMILES string of the molecule is CC(=O)O[C@H](CCC[C@H](C)O)C[C@@H](OC(=O)[C@@]12CCCC[C@@H]1CC1(CCCC1)C(=O)N2)C1([C@@H]2CC[C@H]3c4c2ccc(O)c4OC[C@H]3C2(CO)CCCC2)CCNCC1. The Morgan fingerprint density at radius 3 is 2.36 bits per heavy atom. The molecule has 11 nitrogen and oxygen atoms in total. The molecule has 5 fully saturated rings. The van der Waals surface area contributed by atoms with E-state index in [1.807, 2.05) is 0 Å². The van der Waals surface area contributed by atoms with Gasteiger partial charge < -0.3 is 40.2 Å². The second-order valence-electron chi connectivity index (χ2n) is 20.0. The van der Waals surface area contributed by atoms with Crippen molar-refractivity contribution >= 4 is 17.8 Å². The molecule has 5 N–H and O–H groups in total. The number of rotatable bonds is 13. The number of phenolic OH excluding ortho intramolecular Hbond substituents is 1. The highest BCUT2D eigenvalue weighted by molar-refractivity contribution is 5.93. The Balaban J connectivity index is 1.19. The van der Waals surface area contributed by atoms with Gasteiger partial charge in [-0.3, -0.25) is 9.59 Å². The fourth-order valence-electron chi connectivity index (χ4n) is 13.9. The maximum absolute atomic E-state index is 15.3. The minimum absolute atomic E-state index is 0.00699. The van der Waals surface area contributed by atoms with Crippen LogP contribution in [0, 0.1) is 28.1 Å². The number of aromatic hydroxyl groups is 1. The van der Waals surface area contributed by atoms with Crippen LogP contribution in [0.15, 0.2) is 12.1 Å². The van der Waals surface area contributed by atoms with Crippen LogP contribution in [-0.2, 0) is 23.9 Å². The fourth-order valence-corrected chi connectivity index (χ4v) is 13.9. The van der Waals surface area contributed by atoms with E-state index in [4.69, 9.17) is 14.2 Å². The predicted molar refractivity (Wildman–Crippen MR) is 218 cm³/mol. The second-order valence-corrected chi connectivity index (χ2v) is 20.0. The van der Waals surface area contributed by atoms with Crippen molar-refractivity contribution in [2.75, 3.05) is 26.3 Å². The van der Waals surface area contributed by atoms with Crippen LogP contribution in [0.4, 0.5) is 0 Å². The zero-order valence-corrected chi connectivity index (χ0v) is 35.2. The fraction of sp³-hybridized carbons (Fsp3) is 0.809. The van der Waals surface area contributed by atoms with Gasteiger partial charge in [-0.15, -0.1) is 0 Å². The molecule has 2 saturated heterocycles. The summed E-state index contributed by atoms with van der Waals surface area (Å²) in [6.07, 6.45) is 15.6. The molecule has 0 aromatic heterocycles. The minimum Gasteiger partial charge on any atom is -0.504 e. The van der Waals surface area contributed by atoms with Crippen molar-refractivity contribution in [2.24, 2.45) is 28.1 Å². The molecule has 1 aromatic rings. The number of phenols is 1. The molecular formula is C47H70N2O9. The first-order chi connectivity index (χ1) is 28.0. The number of carbonyl (C=O) groups excluding carboxylic acids is 3. The Bertz CT molecular complexity index is 1660. The van der Waals surface area contributed by atoms with E-state index in [0.717, 1.165) is 127 Å². The van der Waals surface area contributed by atoms with Gasteiger partial charge in [0.05, 0.1) is 12.7 Å². The van der Waals surface area contributed by atoms with Gasteiger partial charge in [-0.05, 0) is 139 Å². The van der Waals surface area contributed by atoms with Crippen LogP contribution < -0.4 is 15.4 Å². The Morgan fingerprint density at radius 2 is 1.66 bits per heavy atom. The average Bonchev–Trinajstić information content (AvgIpc) is 3.90. The third-order valence-corrected chi connectivity index (χ3v) is 16.8. The van der Waals surface area contributed by atoms with Gasteiger partial charge in [-0.1, -0.05) is 44.6 Å². The third-order valence-electron chi connectivity index (χ3n) is 16.8. The highest BCUT2D eigenvalue weighted by Gasteiger charge is 2.61. The van der Waals surface area contributed by atoms with Gasteiger partial charge in [0.1, 0.15) is 17.7 Å². The van der Waals surface area contributed by atoms with Gasteiger partial charge in [-0.25, -0.2) is 4.79 Å². The number of hydrogen-bond donors (Lipinski definition) is 5. The molecule has 8 rings (SSSR count). The molecule has 1 spiro atoms. The van der Waals surface area contributed by atoms with E-state index < -0.39 is 34.7 Å². The molecule has 1 amide bonds. The number of aliphatic hydroxyl groups excluding tert-OH is 2. The van der Waals surface area contributed by atoms with Crippen molar-refractivity contribution in [1.29, 1.82) is 0 Å². The molecule has 7 aliphatic rings. The number of fused-ring (bicyclic) bond motifs is 1. The molecule has 11 heteroatoms. The molecule has 0 radical (unpaired) electrons. The number of hydrogen-bond acceptors (Lipinski definition) is 10. The summed E-state index contributed by atoms with van der Waals surface area (Å²) in [6, 6.07) is 3.83. The van der Waals surface area contributed by atoms with E-state index in [1.54, 1.807) is 13.0 Å². The minimum atomic E-state index is -1.09. The van der Waals surface area contributed by atoms with Crippen LogP contribution in [0.25, 0.3) is 0 Å². The van der Waals surface area contributed by atoms with Gasteiger partial charge in [0.25, 0.3) is 0 Å². The summed E-state index contributed by atoms with van der Waals surface area (Å²) in [4.78, 5) is 42.2. The molecule has 0 bridgehead atoms. The largest absolute Gasteiger partial charge is 0.504 e. The zero-order chi connectivity index (χ0) is 40.7. The topological polar surface area (TPSA) is 164 Å². The van der Waals surface area contributed by atoms with Crippen LogP contribution in [0.2, 0.25) is 0 Å². The van der Waals surface area contributed by atoms with Crippen LogP contribution in [0.5, 0.6) is 11.5 Å². The van der Waals surface area contributed by atoms with Gasteiger partial charge in [0.15, 0.2) is 11.5 Å².